The third kappa shape index (κ3) is 2.94. The van der Waals surface area contributed by atoms with Crippen molar-refractivity contribution in [2.75, 3.05) is 19.8 Å². The summed E-state index contributed by atoms with van der Waals surface area (Å²) in [7, 11) is 0. The highest BCUT2D eigenvalue weighted by Gasteiger charge is 2.50. The summed E-state index contributed by atoms with van der Waals surface area (Å²) in [6.07, 6.45) is -1.75. The zero-order valence-electron chi connectivity index (χ0n) is 10.0. The Morgan fingerprint density at radius 2 is 2.11 bits per heavy atom. The van der Waals surface area contributed by atoms with Gasteiger partial charge in [-0.25, -0.2) is 0 Å². The van der Waals surface area contributed by atoms with Gasteiger partial charge in [0.15, 0.2) is 0 Å². The molecule has 1 unspecified atom stereocenters. The van der Waals surface area contributed by atoms with Gasteiger partial charge in [-0.2, -0.15) is 0 Å². The number of fused-ring (bicyclic) bond motifs is 1. The van der Waals surface area contributed by atoms with E-state index in [1.165, 1.54) is 0 Å². The van der Waals surface area contributed by atoms with Gasteiger partial charge in [0.1, 0.15) is 12.2 Å². The summed E-state index contributed by atoms with van der Waals surface area (Å²) >= 11 is 0. The molecule has 2 heterocycles. The Balaban J connectivity index is 1.96. The first-order valence-electron chi connectivity index (χ1n) is 5.92. The minimum atomic E-state index is -1.08. The Bertz CT molecular complexity index is 361. The third-order valence-electron chi connectivity index (χ3n) is 3.53. The molecule has 2 aliphatic heterocycles. The van der Waals surface area contributed by atoms with Crippen molar-refractivity contribution in [3.8, 4) is 0 Å². The van der Waals surface area contributed by atoms with Crippen LogP contribution < -0.4 is 0 Å². The van der Waals surface area contributed by atoms with E-state index in [9.17, 15) is 25.1 Å². The van der Waals surface area contributed by atoms with Crippen LogP contribution in [0, 0.1) is 22.0 Å². The number of carboxylic acids is 1. The molecule has 9 heteroatoms. The summed E-state index contributed by atoms with van der Waals surface area (Å²) in [5.41, 5.74) is 0. The molecule has 0 radical (unpaired) electrons. The van der Waals surface area contributed by atoms with Crippen LogP contribution in [0.4, 0.5) is 0 Å². The van der Waals surface area contributed by atoms with Crippen molar-refractivity contribution < 1.29 is 34.4 Å². The van der Waals surface area contributed by atoms with Gasteiger partial charge >= 0.3 is 5.97 Å². The third-order valence-corrected chi connectivity index (χ3v) is 3.53. The van der Waals surface area contributed by atoms with Gasteiger partial charge in [0.05, 0.1) is 31.8 Å². The topological polar surface area (TPSA) is 128 Å². The van der Waals surface area contributed by atoms with E-state index in [2.05, 4.69) is 4.84 Å². The van der Waals surface area contributed by atoms with Crippen LogP contribution in [0.1, 0.15) is 6.42 Å². The number of carboxylic acid groups (broad SMARTS) is 1. The van der Waals surface area contributed by atoms with Crippen molar-refractivity contribution in [3.05, 3.63) is 10.1 Å². The summed E-state index contributed by atoms with van der Waals surface area (Å²) in [5.74, 6) is -2.37. The van der Waals surface area contributed by atoms with Crippen LogP contribution in [0.15, 0.2) is 0 Å². The SMILES string of the molecule is O=C(O)C(CCO[N+](=O)[O-])[C@@H]1CO[C@H]2[C@@H]1OC[C@H]2O. The van der Waals surface area contributed by atoms with Gasteiger partial charge in [-0.3, -0.25) is 4.79 Å². The molecule has 0 aliphatic carbocycles. The molecule has 0 aromatic rings. The molecule has 19 heavy (non-hydrogen) atoms. The minimum absolute atomic E-state index is 0.00693. The molecule has 2 N–H and O–H groups in total. The van der Waals surface area contributed by atoms with Gasteiger partial charge in [-0.05, 0) is 6.42 Å². The fourth-order valence-corrected chi connectivity index (χ4v) is 2.63. The van der Waals surface area contributed by atoms with Gasteiger partial charge in [0, 0.05) is 5.92 Å². The number of aliphatic hydroxyl groups is 1. The molecule has 0 aromatic heterocycles. The Kier molecular flexibility index (Phi) is 4.17. The van der Waals surface area contributed by atoms with E-state index in [1.807, 2.05) is 0 Å². The second-order valence-corrected chi connectivity index (χ2v) is 4.62. The Morgan fingerprint density at radius 3 is 2.74 bits per heavy atom. The lowest BCUT2D eigenvalue weighted by molar-refractivity contribution is -0.758. The van der Waals surface area contributed by atoms with E-state index < -0.39 is 41.2 Å². The molecule has 2 rings (SSSR count). The smallest absolute Gasteiger partial charge is 0.307 e. The van der Waals surface area contributed by atoms with Gasteiger partial charge in [0.2, 0.25) is 0 Å². The second-order valence-electron chi connectivity index (χ2n) is 4.62. The lowest BCUT2D eigenvalue weighted by Gasteiger charge is -2.22. The lowest BCUT2D eigenvalue weighted by atomic mass is 9.85. The van der Waals surface area contributed by atoms with Crippen LogP contribution >= 0.6 is 0 Å². The van der Waals surface area contributed by atoms with Crippen molar-refractivity contribution in [1.29, 1.82) is 0 Å². The number of rotatable bonds is 6. The zero-order valence-corrected chi connectivity index (χ0v) is 10.0. The standard InChI is InChI=1S/C10H15NO8/c12-7-4-18-8-6(3-17-9(7)8)5(10(13)14)1-2-19-11(15)16/h5-9,12H,1-4H2,(H,13,14)/t5?,6-,7+,8+,9+/m0/s1. The van der Waals surface area contributed by atoms with Gasteiger partial charge in [-0.15, -0.1) is 10.1 Å². The van der Waals surface area contributed by atoms with E-state index in [0.717, 1.165) is 0 Å². The molecule has 0 amide bonds. The summed E-state index contributed by atoms with van der Waals surface area (Å²) in [4.78, 5) is 25.4. The predicted octanol–water partition coefficient (Wildman–Crippen LogP) is -0.940. The summed E-state index contributed by atoms with van der Waals surface area (Å²) in [6.45, 7) is -0.0220. The Labute approximate surface area is 108 Å². The highest BCUT2D eigenvalue weighted by molar-refractivity contribution is 5.70. The van der Waals surface area contributed by atoms with Crippen molar-refractivity contribution in [3.63, 3.8) is 0 Å². The van der Waals surface area contributed by atoms with Crippen LogP contribution in [-0.2, 0) is 19.1 Å². The van der Waals surface area contributed by atoms with Gasteiger partial charge < -0.3 is 24.5 Å². The molecule has 0 saturated carbocycles. The molecule has 5 atom stereocenters. The van der Waals surface area contributed by atoms with Crippen LogP contribution in [-0.4, -0.2) is 59.4 Å². The quantitative estimate of drug-likeness (QED) is 0.470. The molecule has 108 valence electrons. The van der Waals surface area contributed by atoms with E-state index >= 15 is 0 Å². The molecule has 2 saturated heterocycles. The summed E-state index contributed by atoms with van der Waals surface area (Å²) in [6, 6.07) is 0. The first kappa shape index (κ1) is 14.0. The molecule has 2 aliphatic rings. The highest BCUT2D eigenvalue weighted by atomic mass is 16.9. The molecular weight excluding hydrogens is 262 g/mol. The van der Waals surface area contributed by atoms with Crippen molar-refractivity contribution in [1.82, 2.24) is 0 Å². The van der Waals surface area contributed by atoms with E-state index in [4.69, 9.17) is 9.47 Å². The highest BCUT2D eigenvalue weighted by Crippen LogP contribution is 2.36. The maximum atomic E-state index is 11.2. The number of hydrogen-bond acceptors (Lipinski definition) is 7. The second kappa shape index (κ2) is 5.68. The number of aliphatic hydroxyl groups excluding tert-OH is 1. The summed E-state index contributed by atoms with van der Waals surface area (Å²) in [5, 5.41) is 27.9. The maximum absolute atomic E-state index is 11.2. The molecule has 0 bridgehead atoms. The summed E-state index contributed by atoms with van der Waals surface area (Å²) < 4.78 is 10.7. The molecule has 9 nitrogen and oxygen atoms in total. The number of aliphatic carboxylic acids is 1. The molecule has 2 fully saturated rings. The maximum Gasteiger partial charge on any atom is 0.307 e. The van der Waals surface area contributed by atoms with E-state index in [1.54, 1.807) is 0 Å². The average Bonchev–Trinajstić information content (AvgIpc) is 2.88. The number of carbonyl (C=O) groups is 1. The monoisotopic (exact) mass is 277 g/mol. The predicted molar refractivity (Wildman–Crippen MR) is 57.7 cm³/mol. The Morgan fingerprint density at radius 1 is 1.42 bits per heavy atom. The Hall–Kier alpha value is -1.45. The largest absolute Gasteiger partial charge is 0.481 e. The van der Waals surface area contributed by atoms with E-state index in [0.29, 0.717) is 0 Å². The van der Waals surface area contributed by atoms with Crippen LogP contribution in [0.5, 0.6) is 0 Å². The van der Waals surface area contributed by atoms with Crippen molar-refractivity contribution in [2.45, 2.75) is 24.7 Å². The normalized spacial score (nSPS) is 34.8. The minimum Gasteiger partial charge on any atom is -0.481 e. The fourth-order valence-electron chi connectivity index (χ4n) is 2.63. The first-order valence-corrected chi connectivity index (χ1v) is 5.92. The average molecular weight is 277 g/mol. The van der Waals surface area contributed by atoms with Crippen molar-refractivity contribution in [2.24, 2.45) is 11.8 Å². The number of ether oxygens (including phenoxy) is 2. The van der Waals surface area contributed by atoms with Gasteiger partial charge in [-0.1, -0.05) is 0 Å². The van der Waals surface area contributed by atoms with E-state index in [-0.39, 0.29) is 26.2 Å². The van der Waals surface area contributed by atoms with Crippen LogP contribution in [0.3, 0.4) is 0 Å². The molecular formula is C10H15NO8. The number of nitrogens with zero attached hydrogens (tertiary/aromatic N) is 1. The number of hydrogen-bond donors (Lipinski definition) is 2. The van der Waals surface area contributed by atoms with Crippen LogP contribution in [0.25, 0.3) is 0 Å². The first-order chi connectivity index (χ1) is 9.00. The lowest BCUT2D eigenvalue weighted by Crippen LogP contribution is -2.35. The van der Waals surface area contributed by atoms with Crippen molar-refractivity contribution >= 4 is 5.97 Å². The zero-order chi connectivity index (χ0) is 14.0. The fraction of sp³-hybridized carbons (Fsp3) is 0.900. The van der Waals surface area contributed by atoms with Crippen LogP contribution in [0.2, 0.25) is 0 Å². The molecule has 0 aromatic carbocycles. The molecule has 0 spiro atoms. The van der Waals surface area contributed by atoms with Gasteiger partial charge in [0.25, 0.3) is 5.09 Å².